The average Bonchev–Trinajstić information content (AvgIpc) is 2.71. The van der Waals surface area contributed by atoms with Crippen molar-refractivity contribution in [3.8, 4) is 0 Å². The molecule has 0 radical (unpaired) electrons. The zero-order valence-corrected chi connectivity index (χ0v) is 23.4. The lowest BCUT2D eigenvalue weighted by Gasteiger charge is -2.43. The minimum absolute atomic E-state index is 0.0305. The molecule has 2 aromatic carbocycles. The third-order valence-electron chi connectivity index (χ3n) is 6.62. The molecule has 0 heterocycles. The SMILES string of the molecule is CC(C)(C)OC(=O)Nc1c(CC(=O)Nc2ccc(S(C)(=O)=O)cc2)ccc2c1C(C)(C)CCC2(C)C. The molecule has 0 unspecified atom stereocenters. The second-order valence-electron chi connectivity index (χ2n) is 11.9. The first-order valence-corrected chi connectivity index (χ1v) is 14.0. The van der Waals surface area contributed by atoms with E-state index in [1.54, 1.807) is 12.1 Å². The summed E-state index contributed by atoms with van der Waals surface area (Å²) >= 11 is 0. The summed E-state index contributed by atoms with van der Waals surface area (Å²) in [7, 11) is -3.32. The van der Waals surface area contributed by atoms with Crippen molar-refractivity contribution in [2.75, 3.05) is 16.9 Å². The van der Waals surface area contributed by atoms with E-state index in [9.17, 15) is 18.0 Å². The summed E-state index contributed by atoms with van der Waals surface area (Å²) in [5.74, 6) is -0.276. The van der Waals surface area contributed by atoms with Crippen LogP contribution in [0, 0.1) is 0 Å². The molecule has 0 fully saturated rings. The molecule has 0 spiro atoms. The Hall–Kier alpha value is -2.87. The van der Waals surface area contributed by atoms with Gasteiger partial charge in [-0.25, -0.2) is 13.2 Å². The third kappa shape index (κ3) is 6.46. The summed E-state index contributed by atoms with van der Waals surface area (Å²) in [6.07, 6.45) is 2.56. The number of carbonyl (C=O) groups is 2. The van der Waals surface area contributed by atoms with E-state index < -0.39 is 21.5 Å². The lowest BCUT2D eigenvalue weighted by molar-refractivity contribution is -0.115. The zero-order valence-electron chi connectivity index (χ0n) is 22.5. The number of hydrogen-bond donors (Lipinski definition) is 2. The van der Waals surface area contributed by atoms with Crippen LogP contribution in [-0.4, -0.2) is 32.3 Å². The lowest BCUT2D eigenvalue weighted by atomic mass is 9.62. The monoisotopic (exact) mass is 514 g/mol. The predicted molar refractivity (Wildman–Crippen MR) is 143 cm³/mol. The number of fused-ring (bicyclic) bond motifs is 1. The number of amides is 2. The van der Waals surface area contributed by atoms with Crippen LogP contribution < -0.4 is 10.6 Å². The van der Waals surface area contributed by atoms with Crippen molar-refractivity contribution in [2.45, 2.75) is 89.1 Å². The van der Waals surface area contributed by atoms with Gasteiger partial charge in [-0.15, -0.1) is 0 Å². The molecule has 0 aliphatic heterocycles. The molecule has 8 heteroatoms. The Bertz CT molecular complexity index is 1270. The minimum Gasteiger partial charge on any atom is -0.444 e. The Kier molecular flexibility index (Phi) is 7.34. The van der Waals surface area contributed by atoms with Crippen LogP contribution in [0.25, 0.3) is 0 Å². The fourth-order valence-corrected chi connectivity index (χ4v) is 5.29. The van der Waals surface area contributed by atoms with Crippen LogP contribution in [0.4, 0.5) is 16.2 Å². The summed E-state index contributed by atoms with van der Waals surface area (Å²) in [6.45, 7) is 14.1. The quantitative estimate of drug-likeness (QED) is 0.512. The van der Waals surface area contributed by atoms with Crippen molar-refractivity contribution in [3.05, 3.63) is 53.1 Å². The molecule has 2 amide bonds. The van der Waals surface area contributed by atoms with Crippen molar-refractivity contribution in [2.24, 2.45) is 0 Å². The van der Waals surface area contributed by atoms with Gasteiger partial charge in [0.25, 0.3) is 0 Å². The maximum absolute atomic E-state index is 13.0. The first-order chi connectivity index (χ1) is 16.4. The van der Waals surface area contributed by atoms with E-state index >= 15 is 0 Å². The van der Waals surface area contributed by atoms with E-state index in [2.05, 4.69) is 44.4 Å². The molecule has 36 heavy (non-hydrogen) atoms. The van der Waals surface area contributed by atoms with E-state index in [0.29, 0.717) is 16.9 Å². The number of anilines is 2. The van der Waals surface area contributed by atoms with Crippen molar-refractivity contribution < 1.29 is 22.7 Å². The maximum Gasteiger partial charge on any atom is 0.412 e. The average molecular weight is 515 g/mol. The lowest BCUT2D eigenvalue weighted by Crippen LogP contribution is -2.36. The molecular weight excluding hydrogens is 476 g/mol. The Morgan fingerprint density at radius 2 is 1.50 bits per heavy atom. The maximum atomic E-state index is 13.0. The molecule has 0 aromatic heterocycles. The van der Waals surface area contributed by atoms with Gasteiger partial charge in [-0.1, -0.05) is 39.8 Å². The van der Waals surface area contributed by atoms with Gasteiger partial charge in [0.2, 0.25) is 5.91 Å². The summed E-state index contributed by atoms with van der Waals surface area (Å²) in [6, 6.07) is 10.0. The number of nitrogens with one attached hydrogen (secondary N) is 2. The van der Waals surface area contributed by atoms with Crippen LogP contribution in [-0.2, 0) is 36.6 Å². The molecular formula is C28H38N2O5S. The van der Waals surface area contributed by atoms with Crippen LogP contribution in [0.1, 0.15) is 78.0 Å². The highest BCUT2D eigenvalue weighted by Crippen LogP contribution is 2.49. The summed E-state index contributed by atoms with van der Waals surface area (Å²) in [5.41, 5.74) is 3.06. The van der Waals surface area contributed by atoms with Gasteiger partial charge >= 0.3 is 6.09 Å². The van der Waals surface area contributed by atoms with Crippen LogP contribution in [0.3, 0.4) is 0 Å². The number of sulfone groups is 1. The van der Waals surface area contributed by atoms with Crippen molar-refractivity contribution in [1.29, 1.82) is 0 Å². The first kappa shape index (κ1) is 27.7. The van der Waals surface area contributed by atoms with E-state index in [1.165, 1.54) is 12.1 Å². The topological polar surface area (TPSA) is 102 Å². The molecule has 0 bridgehead atoms. The van der Waals surface area contributed by atoms with Gasteiger partial charge in [0.1, 0.15) is 5.60 Å². The normalized spacial score (nSPS) is 16.6. The number of rotatable bonds is 5. The van der Waals surface area contributed by atoms with Crippen LogP contribution in [0.15, 0.2) is 41.3 Å². The molecule has 0 saturated heterocycles. The summed E-state index contributed by atoms with van der Waals surface area (Å²) in [4.78, 5) is 26.0. The number of benzene rings is 2. The predicted octanol–water partition coefficient (Wildman–Crippen LogP) is 5.97. The largest absolute Gasteiger partial charge is 0.444 e. The van der Waals surface area contributed by atoms with Gasteiger partial charge in [-0.2, -0.15) is 0 Å². The highest BCUT2D eigenvalue weighted by Gasteiger charge is 2.40. The first-order valence-electron chi connectivity index (χ1n) is 12.2. The molecule has 2 aromatic rings. The standard InChI is InChI=1S/C28H38N2O5S/c1-26(2,3)35-25(32)30-24-18(9-14-21-23(24)28(6,7)16-15-27(21,4)5)17-22(31)29-19-10-12-20(13-11-19)36(8,33)34/h9-14H,15-17H2,1-8H3,(H,29,31)(H,30,32). The highest BCUT2D eigenvalue weighted by atomic mass is 32.2. The van der Waals surface area contributed by atoms with Gasteiger partial charge in [0.05, 0.1) is 17.0 Å². The van der Waals surface area contributed by atoms with Crippen LogP contribution in [0.5, 0.6) is 0 Å². The molecule has 2 N–H and O–H groups in total. The fraction of sp³-hybridized carbons (Fsp3) is 0.500. The van der Waals surface area contributed by atoms with E-state index in [0.717, 1.165) is 30.2 Å². The molecule has 1 aliphatic carbocycles. The van der Waals surface area contributed by atoms with Gasteiger partial charge < -0.3 is 10.1 Å². The minimum atomic E-state index is -3.32. The van der Waals surface area contributed by atoms with E-state index in [1.807, 2.05) is 26.8 Å². The Morgan fingerprint density at radius 3 is 2.06 bits per heavy atom. The molecule has 0 atom stereocenters. The van der Waals surface area contributed by atoms with Crippen molar-refractivity contribution in [1.82, 2.24) is 0 Å². The zero-order chi connectivity index (χ0) is 27.1. The second-order valence-corrected chi connectivity index (χ2v) is 14.0. The van der Waals surface area contributed by atoms with Crippen LogP contribution >= 0.6 is 0 Å². The molecule has 196 valence electrons. The van der Waals surface area contributed by atoms with Crippen molar-refractivity contribution in [3.63, 3.8) is 0 Å². The van der Waals surface area contributed by atoms with E-state index in [-0.39, 0.29) is 28.1 Å². The molecule has 0 saturated carbocycles. The smallest absolute Gasteiger partial charge is 0.412 e. The molecule has 7 nitrogen and oxygen atoms in total. The summed E-state index contributed by atoms with van der Waals surface area (Å²) < 4.78 is 29.0. The number of ether oxygens (including phenoxy) is 1. The second kappa shape index (κ2) is 9.54. The van der Waals surface area contributed by atoms with Crippen molar-refractivity contribution >= 4 is 33.2 Å². The fourth-order valence-electron chi connectivity index (χ4n) is 4.66. The van der Waals surface area contributed by atoms with Crippen LogP contribution in [0.2, 0.25) is 0 Å². The van der Waals surface area contributed by atoms with Gasteiger partial charge in [0.15, 0.2) is 9.84 Å². The Morgan fingerprint density at radius 1 is 0.917 bits per heavy atom. The molecule has 1 aliphatic rings. The van der Waals surface area contributed by atoms with Gasteiger partial charge in [0, 0.05) is 11.9 Å². The van der Waals surface area contributed by atoms with Gasteiger partial charge in [-0.3, -0.25) is 10.1 Å². The van der Waals surface area contributed by atoms with Gasteiger partial charge in [-0.05, 0) is 85.4 Å². The summed E-state index contributed by atoms with van der Waals surface area (Å²) in [5, 5.41) is 5.80. The van der Waals surface area contributed by atoms with E-state index in [4.69, 9.17) is 4.74 Å². The Balaban J connectivity index is 1.97. The number of carbonyl (C=O) groups excluding carboxylic acids is 2. The number of hydrogen-bond acceptors (Lipinski definition) is 5. The Labute approximate surface area is 214 Å². The highest BCUT2D eigenvalue weighted by molar-refractivity contribution is 7.90. The third-order valence-corrected chi connectivity index (χ3v) is 7.74. The molecule has 3 rings (SSSR count).